The van der Waals surface area contributed by atoms with E-state index in [4.69, 9.17) is 0 Å². The first-order chi connectivity index (χ1) is 19.7. The van der Waals surface area contributed by atoms with Gasteiger partial charge in [0.1, 0.15) is 11.8 Å². The number of rotatable bonds is 16. The topological polar surface area (TPSA) is 91.1 Å². The van der Waals surface area contributed by atoms with Crippen LogP contribution in [-0.2, 0) is 20.8 Å². The number of Topliss-reactive ketones (excluding diaryl/α,β-unsaturated/α-hetero) is 1. The van der Waals surface area contributed by atoms with E-state index in [9.17, 15) is 14.4 Å². The molecule has 1 heterocycles. The van der Waals surface area contributed by atoms with Gasteiger partial charge in [-0.2, -0.15) is 0 Å². The number of para-hydroxylation sites is 1. The number of benzene rings is 2. The third kappa shape index (κ3) is 10.5. The van der Waals surface area contributed by atoms with Gasteiger partial charge in [-0.1, -0.05) is 78.6 Å². The van der Waals surface area contributed by atoms with Gasteiger partial charge in [0.2, 0.25) is 11.8 Å². The molecule has 0 saturated carbocycles. The number of ketones is 1. The molecule has 3 aromatic rings. The Bertz CT molecular complexity index is 1360. The summed E-state index contributed by atoms with van der Waals surface area (Å²) >= 11 is 0. The van der Waals surface area contributed by atoms with E-state index in [-0.39, 0.29) is 17.6 Å². The molecule has 2 aromatic carbocycles. The smallest absolute Gasteiger partial charge is 0.244 e. The van der Waals surface area contributed by atoms with E-state index >= 15 is 0 Å². The summed E-state index contributed by atoms with van der Waals surface area (Å²) in [6.07, 6.45) is 9.57. The minimum atomic E-state index is -0.627. The number of carbonyl (C=O) groups excluding carboxylic acids is 3. The summed E-state index contributed by atoms with van der Waals surface area (Å²) < 4.78 is 0. The fraction of sp³-hybridized carbons (Fsp3) is 0.400. The van der Waals surface area contributed by atoms with Gasteiger partial charge in [-0.25, -0.2) is 0 Å². The molecular weight excluding hydrogens is 510 g/mol. The van der Waals surface area contributed by atoms with Crippen LogP contribution in [0.3, 0.4) is 0 Å². The summed E-state index contributed by atoms with van der Waals surface area (Å²) in [6, 6.07) is 17.8. The number of H-pyrrole nitrogens is 1. The molecule has 0 radical (unpaired) electrons. The van der Waals surface area contributed by atoms with Crippen LogP contribution in [0.5, 0.6) is 0 Å². The molecule has 218 valence electrons. The molecule has 0 aliphatic rings. The molecule has 0 fully saturated rings. The van der Waals surface area contributed by atoms with Crippen molar-refractivity contribution in [1.29, 1.82) is 0 Å². The summed E-state index contributed by atoms with van der Waals surface area (Å²) in [5.74, 6) is -0.248. The van der Waals surface area contributed by atoms with Crippen molar-refractivity contribution in [3.8, 4) is 11.3 Å². The van der Waals surface area contributed by atoms with E-state index in [1.54, 1.807) is 13.0 Å². The highest BCUT2D eigenvalue weighted by atomic mass is 16.2. The summed E-state index contributed by atoms with van der Waals surface area (Å²) in [5.41, 5.74) is 6.63. The molecule has 6 heteroatoms. The zero-order valence-electron chi connectivity index (χ0n) is 25.0. The molecule has 0 aliphatic carbocycles. The average Bonchev–Trinajstić information content (AvgIpc) is 3.30. The zero-order chi connectivity index (χ0) is 29.6. The highest BCUT2D eigenvalue weighted by Crippen LogP contribution is 2.30. The second kappa shape index (κ2) is 16.4. The lowest BCUT2D eigenvalue weighted by Gasteiger charge is -2.18. The number of hydrogen-bond acceptors (Lipinski definition) is 3. The Morgan fingerprint density at radius 2 is 1.61 bits per heavy atom. The molecule has 0 bridgehead atoms. The van der Waals surface area contributed by atoms with Crippen LogP contribution in [0.25, 0.3) is 22.2 Å². The SMILES string of the molecule is CC(=O)CCCCC[C@H](NC(=O)/C=C(\C)CCC=C(C)C)C(=O)NCCc1c(-c2ccccc2)[nH]c2ccccc12. The highest BCUT2D eigenvalue weighted by molar-refractivity contribution is 5.93. The molecule has 1 aromatic heterocycles. The van der Waals surface area contributed by atoms with Gasteiger partial charge in [-0.15, -0.1) is 0 Å². The molecule has 6 nitrogen and oxygen atoms in total. The third-order valence-corrected chi connectivity index (χ3v) is 7.17. The second-order valence-corrected chi connectivity index (χ2v) is 11.1. The lowest BCUT2D eigenvalue weighted by molar-refractivity contribution is -0.127. The van der Waals surface area contributed by atoms with Crippen LogP contribution in [-0.4, -0.2) is 35.2 Å². The monoisotopic (exact) mass is 555 g/mol. The number of hydrogen-bond donors (Lipinski definition) is 3. The first kappa shape index (κ1) is 31.6. The summed E-state index contributed by atoms with van der Waals surface area (Å²) in [4.78, 5) is 41.0. The van der Waals surface area contributed by atoms with Crippen LogP contribution in [0.1, 0.15) is 78.2 Å². The Kier molecular flexibility index (Phi) is 12.6. The van der Waals surface area contributed by atoms with E-state index in [2.05, 4.69) is 59.8 Å². The quantitative estimate of drug-likeness (QED) is 0.0991. The minimum absolute atomic E-state index is 0.175. The molecular formula is C35H45N3O3. The van der Waals surface area contributed by atoms with Gasteiger partial charge in [0.15, 0.2) is 0 Å². The van der Waals surface area contributed by atoms with Crippen molar-refractivity contribution < 1.29 is 14.4 Å². The number of carbonyl (C=O) groups is 3. The maximum Gasteiger partial charge on any atom is 0.244 e. The van der Waals surface area contributed by atoms with Crippen LogP contribution in [0, 0.1) is 0 Å². The maximum absolute atomic E-state index is 13.3. The van der Waals surface area contributed by atoms with Crippen LogP contribution in [0.15, 0.2) is 77.9 Å². The van der Waals surface area contributed by atoms with Crippen molar-refractivity contribution in [3.05, 3.63) is 83.5 Å². The lowest BCUT2D eigenvalue weighted by Crippen LogP contribution is -2.46. The van der Waals surface area contributed by atoms with E-state index in [1.807, 2.05) is 37.3 Å². The van der Waals surface area contributed by atoms with Gasteiger partial charge in [0.05, 0.1) is 0 Å². The van der Waals surface area contributed by atoms with Gasteiger partial charge in [0.25, 0.3) is 0 Å². The number of aromatic nitrogens is 1. The standard InChI is InChI=1S/C35H45N3O3/c1-25(2)14-13-15-26(3)24-33(40)37-32(21-10-5-7-16-27(4)39)35(41)36-23-22-30-29-19-11-12-20-31(29)38-34(30)28-17-8-6-9-18-28/h6,8-9,11-12,14,17-20,24,32,38H,5,7,10,13,15-16,21-23H2,1-4H3,(H,36,41)(H,37,40)/b26-24+/t32-/m0/s1. The Balaban J connectivity index is 1.66. The first-order valence-electron chi connectivity index (χ1n) is 14.8. The van der Waals surface area contributed by atoms with Gasteiger partial charge in [-0.3, -0.25) is 9.59 Å². The molecule has 0 aliphatic heterocycles. The Morgan fingerprint density at radius 1 is 0.878 bits per heavy atom. The minimum Gasteiger partial charge on any atom is -0.354 e. The molecule has 0 spiro atoms. The van der Waals surface area contributed by atoms with Gasteiger partial charge in [-0.05, 0) is 77.0 Å². The fourth-order valence-electron chi connectivity index (χ4n) is 5.01. The van der Waals surface area contributed by atoms with Gasteiger partial charge in [0, 0.05) is 35.6 Å². The molecule has 0 unspecified atom stereocenters. The number of allylic oxidation sites excluding steroid dienone is 3. The predicted molar refractivity (Wildman–Crippen MR) is 169 cm³/mol. The summed E-state index contributed by atoms with van der Waals surface area (Å²) in [5, 5.41) is 7.16. The molecule has 3 rings (SSSR count). The molecule has 41 heavy (non-hydrogen) atoms. The number of nitrogens with one attached hydrogen (secondary N) is 3. The van der Waals surface area contributed by atoms with E-state index in [0.717, 1.165) is 65.4 Å². The van der Waals surface area contributed by atoms with Gasteiger partial charge < -0.3 is 20.4 Å². The molecule has 3 N–H and O–H groups in total. The van der Waals surface area contributed by atoms with Crippen molar-refractivity contribution in [1.82, 2.24) is 15.6 Å². The highest BCUT2D eigenvalue weighted by Gasteiger charge is 2.20. The van der Waals surface area contributed by atoms with Crippen LogP contribution in [0.2, 0.25) is 0 Å². The molecule has 2 amide bonds. The van der Waals surface area contributed by atoms with Gasteiger partial charge >= 0.3 is 0 Å². The second-order valence-electron chi connectivity index (χ2n) is 11.1. The van der Waals surface area contributed by atoms with E-state index < -0.39 is 6.04 Å². The fourth-order valence-corrected chi connectivity index (χ4v) is 5.01. The number of aromatic amines is 1. The lowest BCUT2D eigenvalue weighted by atomic mass is 10.0. The number of unbranched alkanes of at least 4 members (excludes halogenated alkanes) is 2. The largest absolute Gasteiger partial charge is 0.354 e. The van der Waals surface area contributed by atoms with Crippen molar-refractivity contribution in [2.75, 3.05) is 6.54 Å². The molecule has 1 atom stereocenters. The van der Waals surface area contributed by atoms with E-state index in [0.29, 0.717) is 25.8 Å². The average molecular weight is 556 g/mol. The zero-order valence-corrected chi connectivity index (χ0v) is 25.0. The summed E-state index contributed by atoms with van der Waals surface area (Å²) in [6.45, 7) is 8.12. The number of fused-ring (bicyclic) bond motifs is 1. The Labute approximate surface area is 244 Å². The molecule has 0 saturated heterocycles. The van der Waals surface area contributed by atoms with E-state index in [1.165, 1.54) is 5.57 Å². The Hall–Kier alpha value is -3.93. The van der Waals surface area contributed by atoms with Crippen molar-refractivity contribution in [3.63, 3.8) is 0 Å². The maximum atomic E-state index is 13.3. The van der Waals surface area contributed by atoms with Crippen molar-refractivity contribution >= 4 is 28.5 Å². The Morgan fingerprint density at radius 3 is 2.34 bits per heavy atom. The summed E-state index contributed by atoms with van der Waals surface area (Å²) in [7, 11) is 0. The normalized spacial score (nSPS) is 12.1. The van der Waals surface area contributed by atoms with Crippen LogP contribution >= 0.6 is 0 Å². The third-order valence-electron chi connectivity index (χ3n) is 7.17. The van der Waals surface area contributed by atoms with Crippen molar-refractivity contribution in [2.45, 2.75) is 85.1 Å². The first-order valence-corrected chi connectivity index (χ1v) is 14.8. The predicted octanol–water partition coefficient (Wildman–Crippen LogP) is 7.21. The van der Waals surface area contributed by atoms with Crippen LogP contribution < -0.4 is 10.6 Å². The van der Waals surface area contributed by atoms with Crippen molar-refractivity contribution in [2.24, 2.45) is 0 Å². The number of amides is 2. The van der Waals surface area contributed by atoms with Crippen LogP contribution in [0.4, 0.5) is 0 Å².